The number of aldehydes is 1. The third-order valence-corrected chi connectivity index (χ3v) is 5.98. The molecule has 0 amide bonds. The molecule has 0 aromatic heterocycles. The average molecular weight is 480 g/mol. The average Bonchev–Trinajstić information content (AvgIpc) is 2.83. The number of esters is 2. The van der Waals surface area contributed by atoms with Crippen molar-refractivity contribution in [3.63, 3.8) is 0 Å². The van der Waals surface area contributed by atoms with Gasteiger partial charge in [0.05, 0.1) is 36.5 Å². The summed E-state index contributed by atoms with van der Waals surface area (Å²) in [6.07, 6.45) is -7.04. The highest BCUT2D eigenvalue weighted by molar-refractivity contribution is 5.90. The van der Waals surface area contributed by atoms with Crippen molar-refractivity contribution in [3.05, 3.63) is 41.7 Å². The number of fused-ring (bicyclic) bond motifs is 1. The maximum absolute atomic E-state index is 12.6. The summed E-state index contributed by atoms with van der Waals surface area (Å²) in [6, 6.07) is 5.26. The molecule has 4 N–H and O–H groups in total. The van der Waals surface area contributed by atoms with Crippen molar-refractivity contribution < 1.29 is 58.5 Å². The summed E-state index contributed by atoms with van der Waals surface area (Å²) in [7, 11) is 0. The number of aliphatic hydroxyl groups excluding tert-OH is 3. The number of carbonyl (C=O) groups is 3. The summed E-state index contributed by atoms with van der Waals surface area (Å²) < 4.78 is 27.0. The molecule has 0 spiro atoms. The Morgan fingerprint density at radius 3 is 2.71 bits per heavy atom. The topological polar surface area (TPSA) is 178 Å². The van der Waals surface area contributed by atoms with Crippen molar-refractivity contribution in [2.45, 2.75) is 43.4 Å². The number of rotatable bonds is 6. The van der Waals surface area contributed by atoms with Crippen molar-refractivity contribution in [2.75, 3.05) is 13.2 Å². The number of phenols is 1. The third kappa shape index (κ3) is 4.63. The molecular formula is C22H24O12. The van der Waals surface area contributed by atoms with Gasteiger partial charge in [0.2, 0.25) is 12.6 Å². The molecule has 4 unspecified atom stereocenters. The Kier molecular flexibility index (Phi) is 7.14. The first-order chi connectivity index (χ1) is 16.3. The summed E-state index contributed by atoms with van der Waals surface area (Å²) in [5.41, 5.74) is 0.140. The van der Waals surface area contributed by atoms with Crippen LogP contribution >= 0.6 is 0 Å². The maximum Gasteiger partial charge on any atom is 0.338 e. The molecule has 1 aromatic carbocycles. The standard InChI is InChI=1S/C22H24O12/c23-7-13-12-4-5-30-20(29)14(12)9-31-21(13)34-22-18(17(27)16(26)15(8-24)32-22)33-19(28)10-2-1-3-11(25)6-10/h1-3,6-7,9,12-13,15-18,21-22,24-27H,4-5,8H2/t12-,13+,15?,16+,17?,18?,21-,22?/m0/s1. The van der Waals surface area contributed by atoms with Crippen LogP contribution in [-0.2, 0) is 33.3 Å². The quantitative estimate of drug-likeness (QED) is 0.288. The van der Waals surface area contributed by atoms with Crippen LogP contribution in [0.15, 0.2) is 36.1 Å². The lowest BCUT2D eigenvalue weighted by atomic mass is 9.81. The number of carbonyl (C=O) groups excluding carboxylic acids is 3. The van der Waals surface area contributed by atoms with E-state index in [4.69, 9.17) is 23.7 Å². The van der Waals surface area contributed by atoms with E-state index in [-0.39, 0.29) is 23.5 Å². The molecule has 8 atom stereocenters. The van der Waals surface area contributed by atoms with Gasteiger partial charge in [-0.2, -0.15) is 0 Å². The fourth-order valence-corrected chi connectivity index (χ4v) is 4.15. The van der Waals surface area contributed by atoms with Crippen LogP contribution in [0.1, 0.15) is 16.8 Å². The molecule has 184 valence electrons. The smallest absolute Gasteiger partial charge is 0.338 e. The molecule has 0 aliphatic carbocycles. The van der Waals surface area contributed by atoms with Gasteiger partial charge in [-0.1, -0.05) is 6.07 Å². The molecule has 0 radical (unpaired) electrons. The van der Waals surface area contributed by atoms with Crippen molar-refractivity contribution >= 4 is 18.2 Å². The predicted octanol–water partition coefficient (Wildman–Crippen LogP) is -1.01. The number of cyclic esters (lactones) is 1. The Bertz CT molecular complexity index is 961. The van der Waals surface area contributed by atoms with Crippen LogP contribution in [0, 0.1) is 11.8 Å². The van der Waals surface area contributed by atoms with Gasteiger partial charge in [-0.3, -0.25) is 0 Å². The molecule has 3 heterocycles. The van der Waals surface area contributed by atoms with Gasteiger partial charge in [-0.05, 0) is 24.6 Å². The van der Waals surface area contributed by atoms with E-state index in [0.717, 1.165) is 12.3 Å². The molecular weight excluding hydrogens is 456 g/mol. The summed E-state index contributed by atoms with van der Waals surface area (Å²) in [5.74, 6) is -3.25. The molecule has 1 aromatic rings. The van der Waals surface area contributed by atoms with Crippen molar-refractivity contribution in [1.29, 1.82) is 0 Å². The minimum absolute atomic E-state index is 0.0438. The van der Waals surface area contributed by atoms with Crippen molar-refractivity contribution in [1.82, 2.24) is 0 Å². The second kappa shape index (κ2) is 10.1. The molecule has 0 saturated carbocycles. The van der Waals surface area contributed by atoms with E-state index in [1.807, 2.05) is 0 Å². The van der Waals surface area contributed by atoms with Gasteiger partial charge in [0, 0.05) is 5.92 Å². The highest BCUT2D eigenvalue weighted by atomic mass is 16.8. The zero-order chi connectivity index (χ0) is 24.4. The lowest BCUT2D eigenvalue weighted by Gasteiger charge is -2.44. The van der Waals surface area contributed by atoms with E-state index in [1.54, 1.807) is 0 Å². The maximum atomic E-state index is 12.6. The largest absolute Gasteiger partial charge is 0.508 e. The van der Waals surface area contributed by atoms with E-state index in [9.17, 15) is 34.8 Å². The van der Waals surface area contributed by atoms with E-state index in [1.165, 1.54) is 18.2 Å². The van der Waals surface area contributed by atoms with Crippen LogP contribution in [0.5, 0.6) is 5.75 Å². The second-order valence-electron chi connectivity index (χ2n) is 8.09. The predicted molar refractivity (Wildman–Crippen MR) is 108 cm³/mol. The molecule has 0 bridgehead atoms. The van der Waals surface area contributed by atoms with Gasteiger partial charge in [0.25, 0.3) is 0 Å². The van der Waals surface area contributed by atoms with Gasteiger partial charge in [0.15, 0.2) is 6.10 Å². The monoisotopic (exact) mass is 480 g/mol. The van der Waals surface area contributed by atoms with Crippen molar-refractivity contribution in [2.24, 2.45) is 11.8 Å². The summed E-state index contributed by atoms with van der Waals surface area (Å²) >= 11 is 0. The number of aliphatic hydroxyl groups is 3. The van der Waals surface area contributed by atoms with E-state index >= 15 is 0 Å². The number of phenolic OH excluding ortho intramolecular Hbond substituents is 1. The fourth-order valence-electron chi connectivity index (χ4n) is 4.15. The number of hydrogen-bond acceptors (Lipinski definition) is 12. The SMILES string of the molecule is O=C[C@H]1[C@H](OC2OC(CO)[C@@H](O)C(O)C2OC(=O)c2cccc(O)c2)OC=C2C(=O)OCC[C@H]21. The molecule has 4 rings (SSSR count). The Morgan fingerprint density at radius 1 is 1.21 bits per heavy atom. The normalized spacial score (nSPS) is 35.3. The lowest BCUT2D eigenvalue weighted by molar-refractivity contribution is -0.338. The van der Waals surface area contributed by atoms with Gasteiger partial charge in [-0.15, -0.1) is 0 Å². The van der Waals surface area contributed by atoms with Gasteiger partial charge >= 0.3 is 11.9 Å². The first kappa shape index (κ1) is 24.1. The van der Waals surface area contributed by atoms with E-state index in [2.05, 4.69) is 0 Å². The van der Waals surface area contributed by atoms with Crippen LogP contribution in [0.3, 0.4) is 0 Å². The lowest BCUT2D eigenvalue weighted by Crippen LogP contribution is -2.61. The fraction of sp³-hybridized carbons (Fsp3) is 0.500. The number of ether oxygens (including phenoxy) is 5. The van der Waals surface area contributed by atoms with Gasteiger partial charge in [-0.25, -0.2) is 9.59 Å². The Hall–Kier alpha value is -3.03. The zero-order valence-electron chi connectivity index (χ0n) is 17.8. The van der Waals surface area contributed by atoms with Crippen LogP contribution in [0.25, 0.3) is 0 Å². The number of aromatic hydroxyl groups is 1. The summed E-state index contributed by atoms with van der Waals surface area (Å²) in [4.78, 5) is 36.4. The van der Waals surface area contributed by atoms with Crippen LogP contribution < -0.4 is 0 Å². The van der Waals surface area contributed by atoms with Crippen molar-refractivity contribution in [3.8, 4) is 5.75 Å². The summed E-state index contributed by atoms with van der Waals surface area (Å²) in [5, 5.41) is 40.0. The Labute approximate surface area is 193 Å². The van der Waals surface area contributed by atoms with Gasteiger partial charge < -0.3 is 48.9 Å². The highest BCUT2D eigenvalue weighted by Gasteiger charge is 2.50. The molecule has 3 aliphatic heterocycles. The number of hydrogen-bond donors (Lipinski definition) is 4. The van der Waals surface area contributed by atoms with Crippen LogP contribution in [-0.4, -0.2) is 88.9 Å². The molecule has 12 nitrogen and oxygen atoms in total. The first-order valence-electron chi connectivity index (χ1n) is 10.6. The summed E-state index contributed by atoms with van der Waals surface area (Å²) in [6.45, 7) is -0.577. The first-order valence-corrected chi connectivity index (χ1v) is 10.6. The Balaban J connectivity index is 1.57. The minimum Gasteiger partial charge on any atom is -0.508 e. The van der Waals surface area contributed by atoms with E-state index < -0.39 is 67.4 Å². The molecule has 2 saturated heterocycles. The van der Waals surface area contributed by atoms with E-state index in [0.29, 0.717) is 12.7 Å². The molecule has 34 heavy (non-hydrogen) atoms. The van der Waals surface area contributed by atoms with Gasteiger partial charge in [0.1, 0.15) is 30.3 Å². The Morgan fingerprint density at radius 2 is 2.00 bits per heavy atom. The molecule has 3 aliphatic rings. The third-order valence-electron chi connectivity index (χ3n) is 5.98. The molecule has 12 heteroatoms. The number of benzene rings is 1. The highest BCUT2D eigenvalue weighted by Crippen LogP contribution is 2.37. The van der Waals surface area contributed by atoms with Crippen LogP contribution in [0.2, 0.25) is 0 Å². The zero-order valence-corrected chi connectivity index (χ0v) is 17.8. The minimum atomic E-state index is -1.73. The molecule has 2 fully saturated rings. The second-order valence-corrected chi connectivity index (χ2v) is 8.09. The van der Waals surface area contributed by atoms with Crippen LogP contribution in [0.4, 0.5) is 0 Å².